The standard InChI is InChI=1S/C11H20ClIO/c1-3-5-7-9(12)11(13)10(14)8-6-4-2/h10,14H,3-8H2,1-2H3. The van der Waals surface area contributed by atoms with Crippen molar-refractivity contribution in [3.05, 3.63) is 8.61 Å². The monoisotopic (exact) mass is 330 g/mol. The van der Waals surface area contributed by atoms with Crippen molar-refractivity contribution in [3.8, 4) is 0 Å². The molecule has 0 aliphatic heterocycles. The number of aliphatic hydroxyl groups is 1. The SMILES string of the molecule is CCCCC(Cl)=C(I)C(O)CCCC. The third kappa shape index (κ3) is 6.25. The fraction of sp³-hybridized carbons (Fsp3) is 0.818. The molecule has 3 heteroatoms. The predicted molar refractivity (Wildman–Crippen MR) is 72.0 cm³/mol. The molecule has 0 aromatic carbocycles. The van der Waals surface area contributed by atoms with Crippen molar-refractivity contribution in [2.75, 3.05) is 0 Å². The van der Waals surface area contributed by atoms with Gasteiger partial charge in [0.05, 0.1) is 6.10 Å². The van der Waals surface area contributed by atoms with E-state index in [2.05, 4.69) is 36.4 Å². The second kappa shape index (κ2) is 8.98. The average molecular weight is 331 g/mol. The molecule has 0 aromatic heterocycles. The highest BCUT2D eigenvalue weighted by Crippen LogP contribution is 2.26. The zero-order valence-electron chi connectivity index (χ0n) is 9.02. The maximum Gasteiger partial charge on any atom is 0.0858 e. The van der Waals surface area contributed by atoms with Crippen molar-refractivity contribution in [1.29, 1.82) is 0 Å². The van der Waals surface area contributed by atoms with Gasteiger partial charge < -0.3 is 5.11 Å². The van der Waals surface area contributed by atoms with E-state index in [1.807, 2.05) is 0 Å². The Kier molecular flexibility index (Phi) is 9.45. The van der Waals surface area contributed by atoms with Crippen LogP contribution in [0.15, 0.2) is 8.61 Å². The largest absolute Gasteiger partial charge is 0.388 e. The van der Waals surface area contributed by atoms with Crippen LogP contribution < -0.4 is 0 Å². The van der Waals surface area contributed by atoms with Gasteiger partial charge in [-0.3, -0.25) is 0 Å². The van der Waals surface area contributed by atoms with Crippen LogP contribution in [0.25, 0.3) is 0 Å². The molecule has 0 heterocycles. The van der Waals surface area contributed by atoms with Crippen molar-refractivity contribution in [3.63, 3.8) is 0 Å². The summed E-state index contributed by atoms with van der Waals surface area (Å²) in [4.78, 5) is 0. The maximum atomic E-state index is 9.77. The minimum absolute atomic E-state index is 0.347. The quantitative estimate of drug-likeness (QED) is 0.676. The molecular weight excluding hydrogens is 310 g/mol. The number of unbranched alkanes of at least 4 members (excludes halogenated alkanes) is 2. The van der Waals surface area contributed by atoms with Gasteiger partial charge in [0.15, 0.2) is 0 Å². The van der Waals surface area contributed by atoms with Crippen LogP contribution in [-0.2, 0) is 0 Å². The minimum Gasteiger partial charge on any atom is -0.388 e. The summed E-state index contributed by atoms with van der Waals surface area (Å²) in [5, 5.41) is 10.6. The molecule has 0 fully saturated rings. The molecule has 0 saturated carbocycles. The normalized spacial score (nSPS) is 15.2. The van der Waals surface area contributed by atoms with E-state index in [0.717, 1.165) is 47.1 Å². The molecule has 0 saturated heterocycles. The van der Waals surface area contributed by atoms with Crippen LogP contribution in [0.3, 0.4) is 0 Å². The van der Waals surface area contributed by atoms with E-state index in [1.165, 1.54) is 0 Å². The Morgan fingerprint density at radius 2 is 1.86 bits per heavy atom. The van der Waals surface area contributed by atoms with Gasteiger partial charge in [-0.1, -0.05) is 44.7 Å². The van der Waals surface area contributed by atoms with Gasteiger partial charge in [0.25, 0.3) is 0 Å². The van der Waals surface area contributed by atoms with E-state index in [1.54, 1.807) is 0 Å². The zero-order valence-corrected chi connectivity index (χ0v) is 11.9. The molecule has 1 unspecified atom stereocenters. The van der Waals surface area contributed by atoms with Gasteiger partial charge in [-0.25, -0.2) is 0 Å². The van der Waals surface area contributed by atoms with Crippen molar-refractivity contribution in [2.24, 2.45) is 0 Å². The van der Waals surface area contributed by atoms with Gasteiger partial charge >= 0.3 is 0 Å². The van der Waals surface area contributed by atoms with Gasteiger partial charge in [-0.15, -0.1) is 0 Å². The van der Waals surface area contributed by atoms with Crippen LogP contribution in [0.4, 0.5) is 0 Å². The first kappa shape index (κ1) is 14.7. The van der Waals surface area contributed by atoms with E-state index >= 15 is 0 Å². The Bertz CT molecular complexity index is 180. The van der Waals surface area contributed by atoms with Crippen molar-refractivity contribution < 1.29 is 5.11 Å². The summed E-state index contributed by atoms with van der Waals surface area (Å²) < 4.78 is 0.936. The highest BCUT2D eigenvalue weighted by Gasteiger charge is 2.11. The number of allylic oxidation sites excluding steroid dienone is 1. The van der Waals surface area contributed by atoms with E-state index in [0.29, 0.717) is 0 Å². The van der Waals surface area contributed by atoms with Gasteiger partial charge in [0, 0.05) is 8.61 Å². The zero-order chi connectivity index (χ0) is 11.0. The highest BCUT2D eigenvalue weighted by molar-refractivity contribution is 14.1. The molecule has 0 spiro atoms. The molecule has 84 valence electrons. The molecular formula is C11H20ClIO. The summed E-state index contributed by atoms with van der Waals surface area (Å²) in [5.41, 5.74) is 0. The van der Waals surface area contributed by atoms with Gasteiger partial charge in [0.1, 0.15) is 0 Å². The van der Waals surface area contributed by atoms with E-state index in [4.69, 9.17) is 11.6 Å². The third-order valence-electron chi connectivity index (χ3n) is 2.13. The average Bonchev–Trinajstić information content (AvgIpc) is 2.21. The van der Waals surface area contributed by atoms with Crippen LogP contribution >= 0.6 is 34.2 Å². The lowest BCUT2D eigenvalue weighted by molar-refractivity contribution is 0.206. The minimum atomic E-state index is -0.347. The van der Waals surface area contributed by atoms with Crippen LogP contribution in [0.5, 0.6) is 0 Å². The summed E-state index contributed by atoms with van der Waals surface area (Å²) in [7, 11) is 0. The Morgan fingerprint density at radius 1 is 1.29 bits per heavy atom. The summed E-state index contributed by atoms with van der Waals surface area (Å²) >= 11 is 8.27. The highest BCUT2D eigenvalue weighted by atomic mass is 127. The molecule has 14 heavy (non-hydrogen) atoms. The number of hydrogen-bond donors (Lipinski definition) is 1. The number of hydrogen-bond acceptors (Lipinski definition) is 1. The topological polar surface area (TPSA) is 20.2 Å². The Hall–Kier alpha value is 0.720. The van der Waals surface area contributed by atoms with Crippen LogP contribution in [-0.4, -0.2) is 11.2 Å². The van der Waals surface area contributed by atoms with Crippen molar-refractivity contribution >= 4 is 34.2 Å². The number of rotatable bonds is 7. The molecule has 0 aliphatic rings. The fourth-order valence-electron chi connectivity index (χ4n) is 1.16. The maximum absolute atomic E-state index is 9.77. The first-order valence-electron chi connectivity index (χ1n) is 5.35. The fourth-order valence-corrected chi connectivity index (χ4v) is 2.00. The molecule has 0 aliphatic carbocycles. The van der Waals surface area contributed by atoms with Gasteiger partial charge in [-0.2, -0.15) is 0 Å². The first-order valence-corrected chi connectivity index (χ1v) is 6.81. The molecule has 1 atom stereocenters. The summed E-state index contributed by atoms with van der Waals surface area (Å²) in [6.45, 7) is 4.27. The van der Waals surface area contributed by atoms with Crippen molar-refractivity contribution in [2.45, 2.75) is 58.5 Å². The van der Waals surface area contributed by atoms with Crippen molar-refractivity contribution in [1.82, 2.24) is 0 Å². The molecule has 0 bridgehead atoms. The summed E-state index contributed by atoms with van der Waals surface area (Å²) in [6, 6.07) is 0. The number of aliphatic hydroxyl groups excluding tert-OH is 1. The summed E-state index contributed by atoms with van der Waals surface area (Å²) in [5.74, 6) is 0. The lowest BCUT2D eigenvalue weighted by atomic mass is 10.1. The van der Waals surface area contributed by atoms with E-state index < -0.39 is 0 Å². The first-order chi connectivity index (χ1) is 6.63. The molecule has 0 aromatic rings. The Labute approximate surface area is 106 Å². The smallest absolute Gasteiger partial charge is 0.0858 e. The van der Waals surface area contributed by atoms with Crippen LogP contribution in [0.1, 0.15) is 52.4 Å². The molecule has 1 N–H and O–H groups in total. The third-order valence-corrected chi connectivity index (χ3v) is 4.21. The molecule has 0 radical (unpaired) electrons. The van der Waals surface area contributed by atoms with Gasteiger partial charge in [0.2, 0.25) is 0 Å². The van der Waals surface area contributed by atoms with Crippen LogP contribution in [0, 0.1) is 0 Å². The Balaban J connectivity index is 4.03. The van der Waals surface area contributed by atoms with Crippen LogP contribution in [0.2, 0.25) is 0 Å². The second-order valence-corrected chi connectivity index (χ2v) is 5.13. The lowest BCUT2D eigenvalue weighted by Gasteiger charge is -2.11. The second-order valence-electron chi connectivity index (χ2n) is 3.51. The summed E-state index contributed by atoms with van der Waals surface area (Å²) in [6.07, 6.45) is 5.81. The van der Waals surface area contributed by atoms with E-state index in [9.17, 15) is 5.11 Å². The molecule has 0 amide bonds. The van der Waals surface area contributed by atoms with Gasteiger partial charge in [-0.05, 0) is 41.9 Å². The molecule has 0 rings (SSSR count). The Morgan fingerprint density at radius 3 is 2.36 bits per heavy atom. The predicted octanol–water partition coefficient (Wildman–Crippen LogP) is 4.61. The number of halogens is 2. The van der Waals surface area contributed by atoms with E-state index in [-0.39, 0.29) is 6.10 Å². The lowest BCUT2D eigenvalue weighted by Crippen LogP contribution is -2.07. The molecule has 1 nitrogen and oxygen atoms in total.